The molecule has 1 aromatic carbocycles. The van der Waals surface area contributed by atoms with Gasteiger partial charge in [0, 0.05) is 15.9 Å². The Morgan fingerprint density at radius 2 is 2.25 bits per heavy atom. The number of aromatic nitrogens is 2. The molecule has 0 spiro atoms. The molecule has 20 heavy (non-hydrogen) atoms. The average Bonchev–Trinajstić information content (AvgIpc) is 2.39. The quantitative estimate of drug-likeness (QED) is 0.500. The first-order valence-electron chi connectivity index (χ1n) is 5.78. The van der Waals surface area contributed by atoms with Crippen molar-refractivity contribution in [1.82, 2.24) is 9.97 Å². The molecule has 0 aliphatic heterocycles. The molecule has 0 aliphatic carbocycles. The molecule has 0 saturated carbocycles. The van der Waals surface area contributed by atoms with Crippen molar-refractivity contribution >= 4 is 39.2 Å². The maximum absolute atomic E-state index is 11.2. The lowest BCUT2D eigenvalue weighted by Gasteiger charge is -2.06. The van der Waals surface area contributed by atoms with E-state index in [1.54, 1.807) is 0 Å². The van der Waals surface area contributed by atoms with Crippen molar-refractivity contribution in [2.24, 2.45) is 0 Å². The Kier molecular flexibility index (Phi) is 4.91. The summed E-state index contributed by atoms with van der Waals surface area (Å²) in [6, 6.07) is 7.50. The van der Waals surface area contributed by atoms with Gasteiger partial charge in [-0.25, -0.2) is 9.97 Å². The van der Waals surface area contributed by atoms with Crippen molar-refractivity contribution in [2.75, 3.05) is 11.9 Å². The van der Waals surface area contributed by atoms with E-state index in [9.17, 15) is 10.1 Å². The Labute approximate surface area is 128 Å². The Morgan fingerprint density at radius 3 is 2.90 bits per heavy atom. The molecule has 1 heterocycles. The average molecular weight is 355 g/mol. The molecule has 0 atom stereocenters. The molecule has 104 valence electrons. The van der Waals surface area contributed by atoms with Crippen LogP contribution in [0.2, 0.25) is 0 Å². The molecule has 0 bridgehead atoms. The summed E-state index contributed by atoms with van der Waals surface area (Å²) in [6.07, 6.45) is 1.32. The Hall–Kier alpha value is -1.67. The highest BCUT2D eigenvalue weighted by molar-refractivity contribution is 9.10. The third-order valence-electron chi connectivity index (χ3n) is 2.33. The van der Waals surface area contributed by atoms with Gasteiger partial charge in [0.15, 0.2) is 5.03 Å². The lowest BCUT2D eigenvalue weighted by molar-refractivity contribution is -0.387. The molecule has 2 aromatic rings. The summed E-state index contributed by atoms with van der Waals surface area (Å²) in [5.74, 6) is 0.241. The minimum absolute atomic E-state index is 0.0978. The molecule has 8 heteroatoms. The second kappa shape index (κ2) is 6.67. The highest BCUT2D eigenvalue weighted by Gasteiger charge is 2.23. The molecular formula is C12H11BrN4O2S. The zero-order chi connectivity index (χ0) is 14.5. The SMILES string of the molecule is CCNc1ncnc(Sc2cccc(Br)c2)c1[N+](=O)[O-]. The second-order valence-electron chi connectivity index (χ2n) is 3.72. The molecule has 0 aliphatic rings. The van der Waals surface area contributed by atoms with E-state index >= 15 is 0 Å². The number of benzene rings is 1. The van der Waals surface area contributed by atoms with Gasteiger partial charge >= 0.3 is 5.69 Å². The molecule has 0 radical (unpaired) electrons. The van der Waals surface area contributed by atoms with Crippen molar-refractivity contribution in [3.8, 4) is 0 Å². The van der Waals surface area contributed by atoms with Crippen LogP contribution in [0.4, 0.5) is 11.5 Å². The number of halogens is 1. The fraction of sp³-hybridized carbons (Fsp3) is 0.167. The van der Waals surface area contributed by atoms with Gasteiger partial charge in [-0.05, 0) is 25.1 Å². The zero-order valence-electron chi connectivity index (χ0n) is 10.5. The van der Waals surface area contributed by atoms with Gasteiger partial charge in [-0.1, -0.05) is 33.8 Å². The van der Waals surface area contributed by atoms with Crippen LogP contribution in [-0.4, -0.2) is 21.4 Å². The summed E-state index contributed by atoms with van der Waals surface area (Å²) in [6.45, 7) is 2.41. The first-order valence-corrected chi connectivity index (χ1v) is 7.39. The van der Waals surface area contributed by atoms with Crippen LogP contribution in [0.3, 0.4) is 0 Å². The Bertz CT molecular complexity index is 639. The Balaban J connectivity index is 2.40. The van der Waals surface area contributed by atoms with Crippen LogP contribution in [0, 0.1) is 10.1 Å². The molecule has 0 saturated heterocycles. The summed E-state index contributed by atoms with van der Waals surface area (Å²) < 4.78 is 0.908. The summed E-state index contributed by atoms with van der Waals surface area (Å²) in [4.78, 5) is 19.6. The molecule has 6 nitrogen and oxygen atoms in total. The smallest absolute Gasteiger partial charge is 0.343 e. The van der Waals surface area contributed by atoms with Gasteiger partial charge in [0.1, 0.15) is 6.33 Å². The number of nitro groups is 1. The zero-order valence-corrected chi connectivity index (χ0v) is 12.9. The third kappa shape index (κ3) is 3.45. The first kappa shape index (κ1) is 14.7. The predicted molar refractivity (Wildman–Crippen MR) is 81.1 cm³/mol. The van der Waals surface area contributed by atoms with Gasteiger partial charge in [-0.15, -0.1) is 0 Å². The summed E-state index contributed by atoms with van der Waals surface area (Å²) in [5.41, 5.74) is -0.0978. The predicted octanol–water partition coefficient (Wildman–Crippen LogP) is 3.73. The van der Waals surface area contributed by atoms with E-state index in [4.69, 9.17) is 0 Å². The van der Waals surface area contributed by atoms with E-state index in [0.29, 0.717) is 11.6 Å². The minimum atomic E-state index is -0.460. The van der Waals surface area contributed by atoms with Crippen LogP contribution in [-0.2, 0) is 0 Å². The fourth-order valence-electron chi connectivity index (χ4n) is 1.54. The van der Waals surface area contributed by atoms with Gasteiger partial charge in [0.25, 0.3) is 0 Å². The largest absolute Gasteiger partial charge is 0.364 e. The summed E-state index contributed by atoms with van der Waals surface area (Å²) in [7, 11) is 0. The van der Waals surface area contributed by atoms with Crippen molar-refractivity contribution in [3.05, 3.63) is 45.2 Å². The van der Waals surface area contributed by atoms with Crippen molar-refractivity contribution < 1.29 is 4.92 Å². The van der Waals surface area contributed by atoms with Crippen LogP contribution < -0.4 is 5.32 Å². The van der Waals surface area contributed by atoms with E-state index in [0.717, 1.165) is 9.37 Å². The highest BCUT2D eigenvalue weighted by atomic mass is 79.9. The number of nitrogens with one attached hydrogen (secondary N) is 1. The second-order valence-corrected chi connectivity index (χ2v) is 5.70. The van der Waals surface area contributed by atoms with Gasteiger partial charge < -0.3 is 5.32 Å². The van der Waals surface area contributed by atoms with Crippen molar-refractivity contribution in [1.29, 1.82) is 0 Å². The van der Waals surface area contributed by atoms with Crippen LogP contribution in [0.5, 0.6) is 0 Å². The normalized spacial score (nSPS) is 10.3. The molecule has 2 rings (SSSR count). The lowest BCUT2D eigenvalue weighted by Crippen LogP contribution is -2.05. The highest BCUT2D eigenvalue weighted by Crippen LogP contribution is 2.36. The van der Waals surface area contributed by atoms with Crippen molar-refractivity contribution in [2.45, 2.75) is 16.8 Å². The van der Waals surface area contributed by atoms with E-state index in [1.165, 1.54) is 18.1 Å². The van der Waals surface area contributed by atoms with Crippen molar-refractivity contribution in [3.63, 3.8) is 0 Å². The first-order chi connectivity index (χ1) is 9.61. The maximum atomic E-state index is 11.2. The molecule has 0 fully saturated rings. The standard InChI is InChI=1S/C12H11BrN4O2S/c1-2-14-11-10(17(18)19)12(16-7-15-11)20-9-5-3-4-8(13)6-9/h3-7H,2H2,1H3,(H,14,15,16). The summed E-state index contributed by atoms with van der Waals surface area (Å²) in [5, 5.41) is 14.4. The van der Waals surface area contributed by atoms with Crippen LogP contribution in [0.25, 0.3) is 0 Å². The lowest BCUT2D eigenvalue weighted by atomic mass is 10.4. The van der Waals surface area contributed by atoms with Crippen LogP contribution in [0.15, 0.2) is 45.0 Å². The molecule has 0 amide bonds. The maximum Gasteiger partial charge on any atom is 0.343 e. The summed E-state index contributed by atoms with van der Waals surface area (Å²) >= 11 is 4.60. The number of hydrogen-bond acceptors (Lipinski definition) is 6. The van der Waals surface area contributed by atoms with Crippen LogP contribution >= 0.6 is 27.7 Å². The van der Waals surface area contributed by atoms with E-state index in [-0.39, 0.29) is 11.5 Å². The third-order valence-corrected chi connectivity index (χ3v) is 3.80. The molecule has 1 N–H and O–H groups in total. The van der Waals surface area contributed by atoms with E-state index in [1.807, 2.05) is 31.2 Å². The minimum Gasteiger partial charge on any atom is -0.364 e. The number of rotatable bonds is 5. The number of nitrogens with zero attached hydrogens (tertiary/aromatic N) is 3. The van der Waals surface area contributed by atoms with Gasteiger partial charge in [-0.3, -0.25) is 10.1 Å². The number of anilines is 1. The number of hydrogen-bond donors (Lipinski definition) is 1. The Morgan fingerprint density at radius 1 is 1.45 bits per heavy atom. The monoisotopic (exact) mass is 354 g/mol. The van der Waals surface area contributed by atoms with E-state index < -0.39 is 4.92 Å². The van der Waals surface area contributed by atoms with E-state index in [2.05, 4.69) is 31.2 Å². The van der Waals surface area contributed by atoms with Gasteiger partial charge in [0.05, 0.1) is 4.92 Å². The van der Waals surface area contributed by atoms with Crippen LogP contribution in [0.1, 0.15) is 6.92 Å². The molecule has 1 aromatic heterocycles. The molecular weight excluding hydrogens is 344 g/mol. The fourth-order valence-corrected chi connectivity index (χ4v) is 3.02. The molecule has 0 unspecified atom stereocenters. The van der Waals surface area contributed by atoms with Gasteiger partial charge in [0.2, 0.25) is 5.82 Å². The topological polar surface area (TPSA) is 81.0 Å². The van der Waals surface area contributed by atoms with Gasteiger partial charge in [-0.2, -0.15) is 0 Å².